The van der Waals surface area contributed by atoms with Gasteiger partial charge in [0.15, 0.2) is 0 Å². The van der Waals surface area contributed by atoms with Crippen LogP contribution in [0.2, 0.25) is 0 Å². The number of benzene rings is 4. The predicted octanol–water partition coefficient (Wildman–Crippen LogP) is 22.6. The third-order valence-electron chi connectivity index (χ3n) is 15.9. The summed E-state index contributed by atoms with van der Waals surface area (Å²) in [5.74, 6) is 4.83. The van der Waals surface area contributed by atoms with Crippen molar-refractivity contribution in [2.24, 2.45) is 23.7 Å². The van der Waals surface area contributed by atoms with Gasteiger partial charge in [-0.05, 0) is 119 Å². The van der Waals surface area contributed by atoms with E-state index in [1.807, 2.05) is 0 Å². The van der Waals surface area contributed by atoms with Crippen LogP contribution >= 0.6 is 11.7 Å². The van der Waals surface area contributed by atoms with E-state index in [0.717, 1.165) is 95.5 Å². The molecule has 4 aromatic carbocycles. The molecule has 0 aliphatic rings. The summed E-state index contributed by atoms with van der Waals surface area (Å²) < 4.78 is 22.6. The minimum atomic E-state index is 0.698. The first kappa shape index (κ1) is 61.9. The second kappa shape index (κ2) is 37.0. The number of nitrogens with zero attached hydrogens (tertiary/aromatic N) is 2. The number of rotatable bonds is 42. The molecule has 0 saturated heterocycles. The van der Waals surface area contributed by atoms with Crippen molar-refractivity contribution in [2.45, 2.75) is 248 Å². The first-order valence-electron chi connectivity index (χ1n) is 31.2. The maximum Gasteiger partial charge on any atom is 0.119 e. The largest absolute Gasteiger partial charge is 0.494 e. The van der Waals surface area contributed by atoms with Crippen LogP contribution in [-0.4, -0.2) is 22.0 Å². The van der Waals surface area contributed by atoms with Gasteiger partial charge in [0, 0.05) is 11.1 Å². The molecule has 1 aromatic heterocycles. The molecule has 0 bridgehead atoms. The molecule has 0 spiro atoms. The second-order valence-electron chi connectivity index (χ2n) is 23.8. The van der Waals surface area contributed by atoms with Gasteiger partial charge in [0.1, 0.15) is 22.5 Å². The molecule has 5 aromatic rings. The topological polar surface area (TPSA) is 44.2 Å². The van der Waals surface area contributed by atoms with Gasteiger partial charge in [0.2, 0.25) is 0 Å². The molecular weight excluding hydrogens is 933 g/mol. The Balaban J connectivity index is 1.37. The van der Waals surface area contributed by atoms with Gasteiger partial charge in [-0.3, -0.25) is 0 Å². The van der Waals surface area contributed by atoms with Crippen molar-refractivity contribution >= 4 is 57.8 Å². The Morgan fingerprint density at radius 2 is 0.747 bits per heavy atom. The molecule has 2 atom stereocenters. The molecule has 75 heavy (non-hydrogen) atoms. The van der Waals surface area contributed by atoms with Crippen LogP contribution in [0, 0.1) is 23.7 Å². The molecule has 5 heteroatoms. The van der Waals surface area contributed by atoms with Crippen LogP contribution in [0.5, 0.6) is 11.5 Å². The monoisotopic (exact) mass is 1040 g/mol. The minimum Gasteiger partial charge on any atom is -0.494 e. The summed E-state index contributed by atoms with van der Waals surface area (Å²) in [4.78, 5) is 0. The molecule has 0 aliphatic carbocycles. The smallest absolute Gasteiger partial charge is 0.119 e. The Labute approximate surface area is 464 Å². The van der Waals surface area contributed by atoms with Gasteiger partial charge in [0.25, 0.3) is 0 Å². The van der Waals surface area contributed by atoms with Gasteiger partial charge in [-0.2, -0.15) is 8.75 Å². The van der Waals surface area contributed by atoms with Crippen molar-refractivity contribution in [2.75, 3.05) is 13.2 Å². The van der Waals surface area contributed by atoms with E-state index in [0.29, 0.717) is 11.8 Å². The molecule has 0 aliphatic heterocycles. The third-order valence-corrected chi connectivity index (χ3v) is 16.4. The molecular formula is C70H106N2O2S. The van der Waals surface area contributed by atoms with Gasteiger partial charge < -0.3 is 9.47 Å². The number of ether oxygens (including phenoxy) is 2. The van der Waals surface area contributed by atoms with E-state index >= 15 is 0 Å². The van der Waals surface area contributed by atoms with Crippen LogP contribution in [0.15, 0.2) is 60.7 Å². The molecule has 414 valence electrons. The van der Waals surface area contributed by atoms with Crippen molar-refractivity contribution in [1.82, 2.24) is 8.75 Å². The highest BCUT2D eigenvalue weighted by Crippen LogP contribution is 2.38. The molecule has 0 radical (unpaired) electrons. The fraction of sp³-hybridized carbons (Fsp3) is 0.629. The molecule has 1 heterocycles. The number of aromatic nitrogens is 2. The zero-order valence-corrected chi connectivity index (χ0v) is 50.0. The van der Waals surface area contributed by atoms with E-state index < -0.39 is 0 Å². The Hall–Kier alpha value is -3.96. The zero-order chi connectivity index (χ0) is 53.3. The molecule has 4 nitrogen and oxygen atoms in total. The number of hydrogen-bond acceptors (Lipinski definition) is 5. The van der Waals surface area contributed by atoms with Crippen molar-refractivity contribution in [3.05, 3.63) is 94.0 Å². The molecule has 0 amide bonds. The highest BCUT2D eigenvalue weighted by Gasteiger charge is 2.19. The van der Waals surface area contributed by atoms with Crippen molar-refractivity contribution in [3.8, 4) is 11.5 Å². The first-order valence-corrected chi connectivity index (χ1v) is 31.9. The number of unbranched alkanes of at least 4 members (excludes halogenated alkanes) is 18. The van der Waals surface area contributed by atoms with Crippen LogP contribution < -0.4 is 9.47 Å². The Morgan fingerprint density at radius 3 is 1.09 bits per heavy atom. The lowest BCUT2D eigenvalue weighted by Gasteiger charge is -2.19. The van der Waals surface area contributed by atoms with E-state index in [1.165, 1.54) is 201 Å². The van der Waals surface area contributed by atoms with E-state index in [9.17, 15) is 0 Å². The summed E-state index contributed by atoms with van der Waals surface area (Å²) in [6.45, 7) is 20.5. The van der Waals surface area contributed by atoms with Gasteiger partial charge >= 0.3 is 0 Å². The normalized spacial score (nSPS) is 12.9. The van der Waals surface area contributed by atoms with Crippen LogP contribution in [0.1, 0.15) is 269 Å². The van der Waals surface area contributed by atoms with E-state index in [-0.39, 0.29) is 0 Å². The SMILES string of the molecule is CCCCCCCCCCCCOc1ccc(/C=C/c2c3cc(CCC(C)CCCC(C)C)c(CCC(C)CCCC(C)C)cc3c(/C=C/c3ccc(OCCCCCCCCCCCC)cc3)c3nsnc23)cc1. The van der Waals surface area contributed by atoms with Crippen molar-refractivity contribution in [3.63, 3.8) is 0 Å². The van der Waals surface area contributed by atoms with E-state index in [1.54, 1.807) is 0 Å². The van der Waals surface area contributed by atoms with Gasteiger partial charge in [-0.1, -0.05) is 270 Å². The molecule has 2 unspecified atom stereocenters. The molecule has 0 N–H and O–H groups in total. The Bertz CT molecular complexity index is 2160. The average molecular weight is 1040 g/mol. The molecule has 5 rings (SSSR count). The van der Waals surface area contributed by atoms with Gasteiger partial charge in [-0.25, -0.2) is 0 Å². The van der Waals surface area contributed by atoms with Crippen molar-refractivity contribution < 1.29 is 9.47 Å². The first-order chi connectivity index (χ1) is 36.6. The second-order valence-corrected chi connectivity index (χ2v) is 24.3. The standard InChI is InChI=1S/C70H106N2O2S/c1-9-11-13-15-17-19-21-23-25-27-51-73-63-45-37-59(38-46-63)41-49-65-67-53-61(43-35-57(7)33-29-31-55(3)4)62(44-36-58(8)34-30-32-56(5)6)54-68(67)66(70-69(65)71-75-72-70)50-42-60-39-47-64(48-40-60)74-52-28-26-24-22-20-18-16-14-12-10-2/h37-42,45-50,53-58H,9-36,43-44,51-52H2,1-8H3/b49-41+,50-42+. The van der Waals surface area contributed by atoms with Crippen LogP contribution in [0.25, 0.3) is 46.1 Å². The highest BCUT2D eigenvalue weighted by atomic mass is 32.1. The number of aryl methyl sites for hydroxylation is 2. The molecule has 0 saturated carbocycles. The fourth-order valence-electron chi connectivity index (χ4n) is 10.8. The number of hydrogen-bond donors (Lipinski definition) is 0. The summed E-state index contributed by atoms with van der Waals surface area (Å²) in [6.07, 6.45) is 48.3. The zero-order valence-electron chi connectivity index (χ0n) is 49.1. The average Bonchev–Trinajstić information content (AvgIpc) is 3.91. The summed E-state index contributed by atoms with van der Waals surface area (Å²) >= 11 is 1.33. The molecule has 0 fully saturated rings. The van der Waals surface area contributed by atoms with Gasteiger partial charge in [-0.15, -0.1) is 0 Å². The fourth-order valence-corrected chi connectivity index (χ4v) is 11.4. The van der Waals surface area contributed by atoms with E-state index in [4.69, 9.17) is 18.2 Å². The number of fused-ring (bicyclic) bond motifs is 2. The van der Waals surface area contributed by atoms with Gasteiger partial charge in [0.05, 0.1) is 24.9 Å². The highest BCUT2D eigenvalue weighted by molar-refractivity contribution is 7.00. The third kappa shape index (κ3) is 24.1. The summed E-state index contributed by atoms with van der Waals surface area (Å²) in [5.41, 5.74) is 9.62. The summed E-state index contributed by atoms with van der Waals surface area (Å²) in [7, 11) is 0. The lowest BCUT2D eigenvalue weighted by molar-refractivity contribution is 0.304. The summed E-state index contributed by atoms with van der Waals surface area (Å²) in [5, 5.41) is 2.55. The van der Waals surface area contributed by atoms with E-state index in [2.05, 4.69) is 140 Å². The Morgan fingerprint density at radius 1 is 0.400 bits per heavy atom. The quantitative estimate of drug-likeness (QED) is 0.0289. The maximum absolute atomic E-state index is 6.22. The lowest BCUT2D eigenvalue weighted by Crippen LogP contribution is -2.05. The van der Waals surface area contributed by atoms with Crippen LogP contribution in [0.4, 0.5) is 0 Å². The Kier molecular flexibility index (Phi) is 30.5. The van der Waals surface area contributed by atoms with Crippen LogP contribution in [-0.2, 0) is 12.8 Å². The predicted molar refractivity (Wildman–Crippen MR) is 333 cm³/mol. The van der Waals surface area contributed by atoms with Crippen LogP contribution in [0.3, 0.4) is 0 Å². The van der Waals surface area contributed by atoms with Crippen molar-refractivity contribution in [1.29, 1.82) is 0 Å². The maximum atomic E-state index is 6.22. The minimum absolute atomic E-state index is 0.698. The summed E-state index contributed by atoms with van der Waals surface area (Å²) in [6, 6.07) is 22.5. The lowest BCUT2D eigenvalue weighted by atomic mass is 9.86.